The van der Waals surface area contributed by atoms with Gasteiger partial charge < -0.3 is 10.4 Å². The van der Waals surface area contributed by atoms with Crippen molar-refractivity contribution in [3.8, 4) is 0 Å². The van der Waals surface area contributed by atoms with Crippen LogP contribution in [0, 0.1) is 11.6 Å². The van der Waals surface area contributed by atoms with Gasteiger partial charge in [-0.05, 0) is 24.6 Å². The minimum atomic E-state index is -1.18. The van der Waals surface area contributed by atoms with Crippen LogP contribution in [0.1, 0.15) is 23.7 Å². The molecule has 92 valence electrons. The number of carbonyl (C=O) groups is 2. The third-order valence-electron chi connectivity index (χ3n) is 2.19. The molecule has 0 saturated heterocycles. The molecule has 0 saturated carbocycles. The topological polar surface area (TPSA) is 66.4 Å². The van der Waals surface area contributed by atoms with Gasteiger partial charge in [0.2, 0.25) is 0 Å². The molecule has 0 bridgehead atoms. The fraction of sp³-hybridized carbons (Fsp3) is 0.273. The quantitative estimate of drug-likeness (QED) is 0.843. The second kappa shape index (κ2) is 5.38. The number of benzene rings is 1. The SMILES string of the molecule is CCC(NC(=O)c1ccc(F)c(F)c1)C(=O)O. The van der Waals surface area contributed by atoms with Crippen LogP contribution in [0.15, 0.2) is 18.2 Å². The number of amides is 1. The van der Waals surface area contributed by atoms with Crippen LogP contribution in [0.4, 0.5) is 8.78 Å². The van der Waals surface area contributed by atoms with Crippen LogP contribution in [0.25, 0.3) is 0 Å². The van der Waals surface area contributed by atoms with Crippen LogP contribution in [0.2, 0.25) is 0 Å². The van der Waals surface area contributed by atoms with Crippen LogP contribution in [-0.2, 0) is 4.79 Å². The Hall–Kier alpha value is -1.98. The summed E-state index contributed by atoms with van der Waals surface area (Å²) in [5.41, 5.74) is -0.122. The van der Waals surface area contributed by atoms with Crippen molar-refractivity contribution < 1.29 is 23.5 Å². The molecule has 0 aliphatic heterocycles. The standard InChI is InChI=1S/C11H11F2NO3/c1-2-9(11(16)17)14-10(15)6-3-4-7(12)8(13)5-6/h3-5,9H,2H2,1H3,(H,14,15)(H,16,17). The molecule has 1 aromatic rings. The summed E-state index contributed by atoms with van der Waals surface area (Å²) in [6.45, 7) is 1.59. The Morgan fingerprint density at radius 1 is 1.35 bits per heavy atom. The van der Waals surface area contributed by atoms with Gasteiger partial charge in [-0.3, -0.25) is 4.79 Å². The highest BCUT2D eigenvalue weighted by molar-refractivity contribution is 5.96. The Balaban J connectivity index is 2.82. The number of hydrogen-bond donors (Lipinski definition) is 2. The predicted molar refractivity (Wildman–Crippen MR) is 55.5 cm³/mol. The molecule has 0 aromatic heterocycles. The maximum Gasteiger partial charge on any atom is 0.326 e. The molecule has 0 fully saturated rings. The van der Waals surface area contributed by atoms with E-state index in [0.717, 1.165) is 18.2 Å². The van der Waals surface area contributed by atoms with E-state index in [0.29, 0.717) is 0 Å². The number of hydrogen-bond acceptors (Lipinski definition) is 2. The third-order valence-corrected chi connectivity index (χ3v) is 2.19. The third kappa shape index (κ3) is 3.24. The van der Waals surface area contributed by atoms with Crippen LogP contribution < -0.4 is 5.32 Å². The molecule has 0 radical (unpaired) electrons. The highest BCUT2D eigenvalue weighted by atomic mass is 19.2. The summed E-state index contributed by atoms with van der Waals surface area (Å²) in [7, 11) is 0. The van der Waals surface area contributed by atoms with Gasteiger partial charge in [0.15, 0.2) is 11.6 Å². The highest BCUT2D eigenvalue weighted by Gasteiger charge is 2.19. The maximum absolute atomic E-state index is 12.8. The smallest absolute Gasteiger partial charge is 0.326 e. The van der Waals surface area contributed by atoms with Crippen LogP contribution in [-0.4, -0.2) is 23.0 Å². The molecule has 0 heterocycles. The van der Waals surface area contributed by atoms with E-state index < -0.39 is 29.6 Å². The summed E-state index contributed by atoms with van der Waals surface area (Å²) in [6, 6.07) is 1.57. The predicted octanol–water partition coefficient (Wildman–Crippen LogP) is 1.56. The first kappa shape index (κ1) is 13.1. The minimum absolute atomic E-state index is 0.122. The van der Waals surface area contributed by atoms with Crippen molar-refractivity contribution in [3.05, 3.63) is 35.4 Å². The Kier molecular flexibility index (Phi) is 4.14. The lowest BCUT2D eigenvalue weighted by Crippen LogP contribution is -2.40. The fourth-order valence-corrected chi connectivity index (χ4v) is 1.22. The zero-order valence-electron chi connectivity index (χ0n) is 9.04. The molecule has 0 aliphatic carbocycles. The lowest BCUT2D eigenvalue weighted by atomic mass is 10.1. The molecule has 0 spiro atoms. The van der Waals surface area contributed by atoms with E-state index in [9.17, 15) is 18.4 Å². The van der Waals surface area contributed by atoms with E-state index in [4.69, 9.17) is 5.11 Å². The van der Waals surface area contributed by atoms with Crippen molar-refractivity contribution in [1.82, 2.24) is 5.32 Å². The summed E-state index contributed by atoms with van der Waals surface area (Å²) in [5.74, 6) is -4.14. The first-order valence-corrected chi connectivity index (χ1v) is 4.94. The first-order valence-electron chi connectivity index (χ1n) is 4.94. The molecular formula is C11H11F2NO3. The molecule has 1 amide bonds. The Morgan fingerprint density at radius 2 is 2.00 bits per heavy atom. The van der Waals surface area contributed by atoms with Crippen molar-refractivity contribution in [2.45, 2.75) is 19.4 Å². The average Bonchev–Trinajstić information content (AvgIpc) is 2.28. The van der Waals surface area contributed by atoms with Gasteiger partial charge in [-0.25, -0.2) is 13.6 Å². The number of halogens is 2. The Bertz CT molecular complexity index is 448. The van der Waals surface area contributed by atoms with Gasteiger partial charge in [-0.1, -0.05) is 6.92 Å². The molecule has 6 heteroatoms. The van der Waals surface area contributed by atoms with E-state index in [-0.39, 0.29) is 12.0 Å². The van der Waals surface area contributed by atoms with Crippen LogP contribution >= 0.6 is 0 Å². The summed E-state index contributed by atoms with van der Waals surface area (Å²) in [4.78, 5) is 22.2. The van der Waals surface area contributed by atoms with Crippen molar-refractivity contribution in [2.75, 3.05) is 0 Å². The lowest BCUT2D eigenvalue weighted by molar-refractivity contribution is -0.139. The zero-order chi connectivity index (χ0) is 13.0. The zero-order valence-corrected chi connectivity index (χ0v) is 9.04. The number of carbonyl (C=O) groups excluding carboxylic acids is 1. The van der Waals surface area contributed by atoms with Gasteiger partial charge in [0.1, 0.15) is 6.04 Å². The molecule has 1 aromatic carbocycles. The van der Waals surface area contributed by atoms with Gasteiger partial charge in [0.25, 0.3) is 5.91 Å². The lowest BCUT2D eigenvalue weighted by Gasteiger charge is -2.12. The molecule has 1 unspecified atom stereocenters. The number of carboxylic acid groups (broad SMARTS) is 1. The van der Waals surface area contributed by atoms with E-state index in [1.54, 1.807) is 6.92 Å². The largest absolute Gasteiger partial charge is 0.480 e. The van der Waals surface area contributed by atoms with Crippen molar-refractivity contribution in [1.29, 1.82) is 0 Å². The molecule has 1 rings (SSSR count). The van der Waals surface area contributed by atoms with E-state index in [1.165, 1.54) is 0 Å². The number of carboxylic acids is 1. The molecule has 0 aliphatic rings. The van der Waals surface area contributed by atoms with Crippen LogP contribution in [0.5, 0.6) is 0 Å². The average molecular weight is 243 g/mol. The van der Waals surface area contributed by atoms with E-state index in [1.807, 2.05) is 0 Å². The normalized spacial score (nSPS) is 11.9. The summed E-state index contributed by atoms with van der Waals surface area (Å²) < 4.78 is 25.5. The molecular weight excluding hydrogens is 232 g/mol. The fourth-order valence-electron chi connectivity index (χ4n) is 1.22. The van der Waals surface area contributed by atoms with E-state index >= 15 is 0 Å². The maximum atomic E-state index is 12.8. The second-order valence-corrected chi connectivity index (χ2v) is 3.40. The van der Waals surface area contributed by atoms with Gasteiger partial charge in [0.05, 0.1) is 0 Å². The van der Waals surface area contributed by atoms with Crippen molar-refractivity contribution >= 4 is 11.9 Å². The van der Waals surface area contributed by atoms with Gasteiger partial charge in [0, 0.05) is 5.56 Å². The van der Waals surface area contributed by atoms with Crippen LogP contribution in [0.3, 0.4) is 0 Å². The summed E-state index contributed by atoms with van der Waals surface area (Å²) in [6.07, 6.45) is 0.199. The van der Waals surface area contributed by atoms with Gasteiger partial charge >= 0.3 is 5.97 Å². The Morgan fingerprint density at radius 3 is 2.47 bits per heavy atom. The van der Waals surface area contributed by atoms with Crippen molar-refractivity contribution in [2.24, 2.45) is 0 Å². The van der Waals surface area contributed by atoms with Crippen molar-refractivity contribution in [3.63, 3.8) is 0 Å². The first-order chi connectivity index (χ1) is 7.95. The van der Waals surface area contributed by atoms with Gasteiger partial charge in [-0.2, -0.15) is 0 Å². The monoisotopic (exact) mass is 243 g/mol. The Labute approximate surface area is 96.3 Å². The molecule has 2 N–H and O–H groups in total. The number of nitrogens with one attached hydrogen (secondary N) is 1. The number of rotatable bonds is 4. The molecule has 1 atom stereocenters. The number of aliphatic carboxylic acids is 1. The highest BCUT2D eigenvalue weighted by Crippen LogP contribution is 2.09. The van der Waals surface area contributed by atoms with E-state index in [2.05, 4.69) is 5.32 Å². The summed E-state index contributed by atoms with van der Waals surface area (Å²) in [5, 5.41) is 10.9. The summed E-state index contributed by atoms with van der Waals surface area (Å²) >= 11 is 0. The molecule has 4 nitrogen and oxygen atoms in total. The minimum Gasteiger partial charge on any atom is -0.480 e. The van der Waals surface area contributed by atoms with Gasteiger partial charge in [-0.15, -0.1) is 0 Å². The molecule has 17 heavy (non-hydrogen) atoms. The second-order valence-electron chi connectivity index (χ2n) is 3.40.